The molecular formula is C18H24F8O5S. The Balaban J connectivity index is 1.50. The predicted molar refractivity (Wildman–Crippen MR) is 93.1 cm³/mol. The van der Waals surface area contributed by atoms with Crippen molar-refractivity contribution in [3.8, 4) is 0 Å². The Bertz CT molecular complexity index is 766. The molecular weight excluding hydrogens is 480 g/mol. The zero-order chi connectivity index (χ0) is 24.2. The third-order valence-corrected chi connectivity index (χ3v) is 7.51. The van der Waals surface area contributed by atoms with Crippen molar-refractivity contribution in [2.75, 3.05) is 6.61 Å². The molecule has 0 unspecified atom stereocenters. The van der Waals surface area contributed by atoms with Crippen molar-refractivity contribution in [3.05, 3.63) is 0 Å². The van der Waals surface area contributed by atoms with Gasteiger partial charge in [0, 0.05) is 13.0 Å². The molecule has 0 spiro atoms. The standard InChI is InChI=1S/C18H24F8O5S/c19-15(20,16(21,22)31-17(23,24)18(25,26)32(27,28)29)3-1-2-4-30-14-8-11-5-12(9-14)7-13(6-11)10-14/h11-13H,1-10H2,(H,27,28,29). The van der Waals surface area contributed by atoms with Gasteiger partial charge >= 0.3 is 33.5 Å². The van der Waals surface area contributed by atoms with Crippen molar-refractivity contribution in [1.29, 1.82) is 0 Å². The lowest BCUT2D eigenvalue weighted by molar-refractivity contribution is -0.456. The van der Waals surface area contributed by atoms with E-state index in [9.17, 15) is 43.5 Å². The minimum atomic E-state index is -6.92. The molecule has 0 heterocycles. The van der Waals surface area contributed by atoms with Crippen molar-refractivity contribution < 1.29 is 57.6 Å². The third-order valence-electron chi connectivity index (χ3n) is 6.62. The van der Waals surface area contributed by atoms with Crippen LogP contribution in [0.15, 0.2) is 0 Å². The summed E-state index contributed by atoms with van der Waals surface area (Å²) in [4.78, 5) is 0. The molecule has 0 radical (unpaired) electrons. The number of unbranched alkanes of at least 4 members (excludes halogenated alkanes) is 1. The van der Waals surface area contributed by atoms with Gasteiger partial charge < -0.3 is 4.74 Å². The Morgan fingerprint density at radius 2 is 1.28 bits per heavy atom. The van der Waals surface area contributed by atoms with Gasteiger partial charge in [0.15, 0.2) is 0 Å². The van der Waals surface area contributed by atoms with Crippen LogP contribution < -0.4 is 0 Å². The molecule has 14 heteroatoms. The topological polar surface area (TPSA) is 72.8 Å². The van der Waals surface area contributed by atoms with Crippen LogP contribution in [0.1, 0.15) is 57.8 Å². The number of hydrogen-bond acceptors (Lipinski definition) is 4. The first kappa shape index (κ1) is 25.9. The van der Waals surface area contributed by atoms with E-state index in [1.54, 1.807) is 0 Å². The molecule has 188 valence electrons. The first-order valence-corrected chi connectivity index (χ1v) is 11.7. The normalized spacial score (nSPS) is 31.3. The summed E-state index contributed by atoms with van der Waals surface area (Å²) in [6.07, 6.45) is -9.15. The highest BCUT2D eigenvalue weighted by atomic mass is 32.2. The van der Waals surface area contributed by atoms with Crippen LogP contribution in [0, 0.1) is 17.8 Å². The number of halogens is 8. The molecule has 4 bridgehead atoms. The van der Waals surface area contributed by atoms with Gasteiger partial charge in [-0.15, -0.1) is 0 Å². The summed E-state index contributed by atoms with van der Waals surface area (Å²) in [5.41, 5.74) is -0.340. The second-order valence-electron chi connectivity index (χ2n) is 9.24. The zero-order valence-corrected chi connectivity index (χ0v) is 17.6. The number of rotatable bonds is 11. The highest BCUT2D eigenvalue weighted by Crippen LogP contribution is 2.57. The number of hydrogen-bond donors (Lipinski definition) is 1. The summed E-state index contributed by atoms with van der Waals surface area (Å²) in [7, 11) is -6.92. The lowest BCUT2D eigenvalue weighted by Gasteiger charge is -2.56. The van der Waals surface area contributed by atoms with Crippen molar-refractivity contribution in [2.45, 2.75) is 86.8 Å². The maximum Gasteiger partial charge on any atom is 0.460 e. The van der Waals surface area contributed by atoms with Crippen LogP contribution in [0.25, 0.3) is 0 Å². The predicted octanol–water partition coefficient (Wildman–Crippen LogP) is 5.46. The van der Waals surface area contributed by atoms with E-state index in [0.717, 1.165) is 38.5 Å². The van der Waals surface area contributed by atoms with Gasteiger partial charge in [-0.2, -0.15) is 43.5 Å². The smallest absolute Gasteiger partial charge is 0.375 e. The Morgan fingerprint density at radius 1 is 0.812 bits per heavy atom. The number of ether oxygens (including phenoxy) is 2. The number of alkyl halides is 8. The summed E-state index contributed by atoms with van der Waals surface area (Å²) in [5.74, 6) is -3.64. The van der Waals surface area contributed by atoms with Crippen LogP contribution in [0.5, 0.6) is 0 Å². The summed E-state index contributed by atoms with van der Waals surface area (Å²) in [6, 6.07) is 0. The summed E-state index contributed by atoms with van der Waals surface area (Å²) >= 11 is 0. The SMILES string of the molecule is O=S(=O)(O)C(F)(F)C(F)(F)OC(F)(F)C(F)(F)CCCCOC12CC3CC(CC(C3)C1)C2. The molecule has 4 aliphatic rings. The van der Waals surface area contributed by atoms with E-state index in [1.807, 2.05) is 0 Å². The molecule has 4 fully saturated rings. The summed E-state index contributed by atoms with van der Waals surface area (Å²) in [6.45, 7) is -0.00828. The van der Waals surface area contributed by atoms with Gasteiger partial charge in [-0.25, -0.2) is 4.74 Å². The molecule has 0 aromatic carbocycles. The van der Waals surface area contributed by atoms with E-state index in [0.29, 0.717) is 17.8 Å². The molecule has 0 aliphatic heterocycles. The Labute approximate surface area is 179 Å². The largest absolute Gasteiger partial charge is 0.460 e. The lowest BCUT2D eigenvalue weighted by Crippen LogP contribution is -2.55. The van der Waals surface area contributed by atoms with Gasteiger partial charge in [0.1, 0.15) is 0 Å². The first-order valence-electron chi connectivity index (χ1n) is 10.2. The van der Waals surface area contributed by atoms with Crippen LogP contribution in [-0.2, 0) is 19.6 Å². The molecule has 5 nitrogen and oxygen atoms in total. The Hall–Kier alpha value is -0.730. The minimum Gasteiger partial charge on any atom is -0.375 e. The Morgan fingerprint density at radius 3 is 1.72 bits per heavy atom. The maximum absolute atomic E-state index is 13.8. The van der Waals surface area contributed by atoms with Crippen LogP contribution in [0.4, 0.5) is 35.1 Å². The Kier molecular flexibility index (Phi) is 6.63. The maximum atomic E-state index is 13.8. The average molecular weight is 504 g/mol. The fourth-order valence-electron chi connectivity index (χ4n) is 5.54. The molecule has 0 saturated heterocycles. The minimum absolute atomic E-state index is 0.00828. The molecule has 0 amide bonds. The van der Waals surface area contributed by atoms with Crippen molar-refractivity contribution >= 4 is 10.1 Å². The van der Waals surface area contributed by atoms with Crippen LogP contribution >= 0.6 is 0 Å². The van der Waals surface area contributed by atoms with Crippen LogP contribution in [0.3, 0.4) is 0 Å². The van der Waals surface area contributed by atoms with Crippen molar-refractivity contribution in [2.24, 2.45) is 17.8 Å². The van der Waals surface area contributed by atoms with E-state index in [2.05, 4.69) is 4.74 Å². The molecule has 1 N–H and O–H groups in total. The van der Waals surface area contributed by atoms with E-state index in [-0.39, 0.29) is 18.6 Å². The molecule has 4 rings (SSSR count). The first-order chi connectivity index (χ1) is 14.4. The van der Waals surface area contributed by atoms with Crippen molar-refractivity contribution in [1.82, 2.24) is 0 Å². The fourth-order valence-corrected chi connectivity index (χ4v) is 5.88. The van der Waals surface area contributed by atoms with Gasteiger partial charge in [0.25, 0.3) is 0 Å². The lowest BCUT2D eigenvalue weighted by atomic mass is 9.54. The van der Waals surface area contributed by atoms with Crippen LogP contribution in [-0.4, -0.2) is 48.6 Å². The van der Waals surface area contributed by atoms with E-state index >= 15 is 0 Å². The molecule has 0 atom stereocenters. The van der Waals surface area contributed by atoms with Crippen molar-refractivity contribution in [3.63, 3.8) is 0 Å². The van der Waals surface area contributed by atoms with Gasteiger partial charge in [0.05, 0.1) is 5.60 Å². The molecule has 4 aliphatic carbocycles. The summed E-state index contributed by atoms with van der Waals surface area (Å²) < 4.78 is 144. The molecule has 4 saturated carbocycles. The fraction of sp³-hybridized carbons (Fsp3) is 1.00. The van der Waals surface area contributed by atoms with E-state index < -0.39 is 46.4 Å². The van der Waals surface area contributed by atoms with Gasteiger partial charge in [-0.05, 0) is 69.1 Å². The quantitative estimate of drug-likeness (QED) is 0.230. The monoisotopic (exact) mass is 504 g/mol. The van der Waals surface area contributed by atoms with Gasteiger partial charge in [-0.3, -0.25) is 4.55 Å². The average Bonchev–Trinajstić information content (AvgIpc) is 2.57. The zero-order valence-electron chi connectivity index (χ0n) is 16.8. The van der Waals surface area contributed by atoms with E-state index in [1.165, 1.54) is 0 Å². The van der Waals surface area contributed by atoms with Crippen LogP contribution in [0.2, 0.25) is 0 Å². The molecule has 0 aromatic rings. The van der Waals surface area contributed by atoms with Gasteiger partial charge in [0.2, 0.25) is 0 Å². The van der Waals surface area contributed by atoms with Gasteiger partial charge in [-0.1, -0.05) is 0 Å². The second kappa shape index (κ2) is 8.19. The highest BCUT2D eigenvalue weighted by Gasteiger charge is 2.73. The third kappa shape index (κ3) is 4.88. The highest BCUT2D eigenvalue weighted by molar-refractivity contribution is 7.86. The summed E-state index contributed by atoms with van der Waals surface area (Å²) in [5, 5.41) is -6.56. The second-order valence-corrected chi connectivity index (χ2v) is 10.7. The molecule has 32 heavy (non-hydrogen) atoms. The molecule has 0 aromatic heterocycles. The van der Waals surface area contributed by atoms with E-state index in [4.69, 9.17) is 9.29 Å².